The number of rotatable bonds is 7. The predicted octanol–water partition coefficient (Wildman–Crippen LogP) is 3.67. The van der Waals surface area contributed by atoms with Gasteiger partial charge in [-0.05, 0) is 37.1 Å². The molecule has 0 aliphatic heterocycles. The Bertz CT molecular complexity index is 1360. The average Bonchev–Trinajstić information content (AvgIpc) is 3.42. The van der Waals surface area contributed by atoms with E-state index in [-0.39, 0.29) is 40.7 Å². The van der Waals surface area contributed by atoms with Gasteiger partial charge in [0.05, 0.1) is 16.8 Å². The van der Waals surface area contributed by atoms with Crippen molar-refractivity contribution in [2.45, 2.75) is 23.9 Å². The topological polar surface area (TPSA) is 134 Å². The molecule has 0 saturated heterocycles. The second-order valence-corrected chi connectivity index (χ2v) is 9.62. The van der Waals surface area contributed by atoms with E-state index in [1.807, 2.05) is 0 Å². The number of phenolic OH excluding ortho intramolecular Hbond substituents is 1. The van der Waals surface area contributed by atoms with Gasteiger partial charge in [0.2, 0.25) is 5.88 Å². The van der Waals surface area contributed by atoms with Crippen LogP contribution in [0.15, 0.2) is 47.5 Å². The molecule has 0 atom stereocenters. The zero-order chi connectivity index (χ0) is 24.7. The minimum atomic E-state index is -4.41. The van der Waals surface area contributed by atoms with Gasteiger partial charge in [0, 0.05) is 6.20 Å². The molecule has 9 nitrogen and oxygen atoms in total. The van der Waals surface area contributed by atoms with Gasteiger partial charge in [0.1, 0.15) is 27.8 Å². The molecule has 0 spiro atoms. The van der Waals surface area contributed by atoms with Gasteiger partial charge in [-0.3, -0.25) is 9.89 Å². The number of ether oxygens (including phenoxy) is 1. The molecule has 34 heavy (non-hydrogen) atoms. The van der Waals surface area contributed by atoms with Gasteiger partial charge < -0.3 is 9.84 Å². The number of nitrogens with zero attached hydrogens (tertiary/aromatic N) is 2. The maximum Gasteiger partial charge on any atom is 0.397 e. The lowest BCUT2D eigenvalue weighted by Crippen LogP contribution is -2.31. The van der Waals surface area contributed by atoms with Gasteiger partial charge >= 0.3 is 6.18 Å². The Hall–Kier alpha value is -3.32. The standard InChI is InChI=1S/C20H16ClF3N4O5S/c21-16-11(17(30)28-34(31,32)15-4-2-1-3-14(15)29)5-6-13(26-16)12-9-25-27-18(12)33-10-19(7-8-19)20(22,23)24/h1-6,9,29H,7-8,10H2,(H,25,27)(H,28,30). The van der Waals surface area contributed by atoms with E-state index in [1.165, 1.54) is 30.5 Å². The van der Waals surface area contributed by atoms with Gasteiger partial charge in [-0.15, -0.1) is 5.10 Å². The Morgan fingerprint density at radius 1 is 1.24 bits per heavy atom. The molecule has 0 radical (unpaired) electrons. The molecule has 4 rings (SSSR count). The molecule has 3 N–H and O–H groups in total. The molecular formula is C20H16ClF3N4O5S. The van der Waals surface area contributed by atoms with Crippen LogP contribution in [0.25, 0.3) is 11.3 Å². The van der Waals surface area contributed by atoms with Crippen molar-refractivity contribution in [2.75, 3.05) is 6.61 Å². The second kappa shape index (κ2) is 8.47. The zero-order valence-corrected chi connectivity index (χ0v) is 18.6. The van der Waals surface area contributed by atoms with E-state index in [1.54, 1.807) is 4.72 Å². The first-order valence-electron chi connectivity index (χ1n) is 9.69. The van der Waals surface area contributed by atoms with E-state index in [4.69, 9.17) is 16.3 Å². The SMILES string of the molecule is O=C(NS(=O)(=O)c1ccccc1O)c1ccc(-c2c[nH]nc2OCC2(C(F)(F)F)CC2)nc1Cl. The monoisotopic (exact) mass is 516 g/mol. The number of amides is 1. The summed E-state index contributed by atoms with van der Waals surface area (Å²) >= 11 is 6.08. The number of pyridine rings is 1. The molecular weight excluding hydrogens is 501 g/mol. The van der Waals surface area contributed by atoms with Gasteiger partial charge in [-0.25, -0.2) is 18.1 Å². The van der Waals surface area contributed by atoms with E-state index in [0.29, 0.717) is 0 Å². The quantitative estimate of drug-likeness (QED) is 0.408. The average molecular weight is 517 g/mol. The number of sulfonamides is 1. The van der Waals surface area contributed by atoms with Crippen LogP contribution in [0, 0.1) is 5.41 Å². The first-order chi connectivity index (χ1) is 15.9. The van der Waals surface area contributed by atoms with Crippen LogP contribution in [-0.4, -0.2) is 47.4 Å². The number of aromatic hydroxyl groups is 1. The number of carbonyl (C=O) groups excluding carboxylic acids is 1. The third-order valence-corrected chi connectivity index (χ3v) is 6.96. The Morgan fingerprint density at radius 2 is 1.94 bits per heavy atom. The number of alkyl halides is 3. The highest BCUT2D eigenvalue weighted by atomic mass is 35.5. The van der Waals surface area contributed by atoms with Crippen LogP contribution in [0.4, 0.5) is 13.2 Å². The summed E-state index contributed by atoms with van der Waals surface area (Å²) < 4.78 is 71.3. The van der Waals surface area contributed by atoms with Crippen molar-refractivity contribution < 1.29 is 36.2 Å². The lowest BCUT2D eigenvalue weighted by molar-refractivity contribution is -0.194. The molecule has 0 unspecified atom stereocenters. The van der Waals surface area contributed by atoms with E-state index in [0.717, 1.165) is 12.1 Å². The number of hydrogen-bond acceptors (Lipinski definition) is 7. The smallest absolute Gasteiger partial charge is 0.397 e. The number of para-hydroxylation sites is 1. The van der Waals surface area contributed by atoms with Crippen molar-refractivity contribution in [2.24, 2.45) is 5.41 Å². The number of hydrogen-bond donors (Lipinski definition) is 3. The summed E-state index contributed by atoms with van der Waals surface area (Å²) in [6.07, 6.45) is -3.12. The summed E-state index contributed by atoms with van der Waals surface area (Å²) in [7, 11) is -4.41. The highest BCUT2D eigenvalue weighted by Gasteiger charge is 2.64. The van der Waals surface area contributed by atoms with Gasteiger partial charge in [-0.1, -0.05) is 23.7 Å². The Kier molecular flexibility index (Phi) is 5.94. The highest BCUT2D eigenvalue weighted by molar-refractivity contribution is 7.90. The fourth-order valence-corrected chi connectivity index (χ4v) is 4.41. The number of aromatic amines is 1. The number of benzene rings is 1. The van der Waals surface area contributed by atoms with E-state index in [2.05, 4.69) is 15.2 Å². The van der Waals surface area contributed by atoms with Crippen LogP contribution in [-0.2, 0) is 10.0 Å². The van der Waals surface area contributed by atoms with Crippen LogP contribution < -0.4 is 9.46 Å². The number of nitrogens with one attached hydrogen (secondary N) is 2. The first-order valence-corrected chi connectivity index (χ1v) is 11.5. The van der Waals surface area contributed by atoms with Crippen LogP contribution in [0.2, 0.25) is 5.15 Å². The summed E-state index contributed by atoms with van der Waals surface area (Å²) in [5.74, 6) is -1.77. The fraction of sp³-hybridized carbons (Fsp3) is 0.250. The molecule has 1 saturated carbocycles. The van der Waals surface area contributed by atoms with E-state index >= 15 is 0 Å². The van der Waals surface area contributed by atoms with Gasteiger partial charge in [0.15, 0.2) is 0 Å². The lowest BCUT2D eigenvalue weighted by atomic mass is 10.1. The van der Waals surface area contributed by atoms with Crippen molar-refractivity contribution in [1.29, 1.82) is 0 Å². The molecule has 2 heterocycles. The van der Waals surface area contributed by atoms with E-state index < -0.39 is 44.8 Å². The molecule has 1 aromatic carbocycles. The summed E-state index contributed by atoms with van der Waals surface area (Å²) in [5.41, 5.74) is -1.85. The zero-order valence-electron chi connectivity index (χ0n) is 17.1. The maximum atomic E-state index is 13.1. The minimum absolute atomic E-state index is 0.0339. The largest absolute Gasteiger partial charge is 0.507 e. The van der Waals surface area contributed by atoms with Crippen LogP contribution in [0.3, 0.4) is 0 Å². The van der Waals surface area contributed by atoms with Crippen molar-refractivity contribution in [3.8, 4) is 22.9 Å². The van der Waals surface area contributed by atoms with Crippen LogP contribution >= 0.6 is 11.6 Å². The molecule has 0 bridgehead atoms. The molecule has 2 aromatic heterocycles. The normalized spacial score (nSPS) is 15.1. The minimum Gasteiger partial charge on any atom is -0.507 e. The Labute approximate surface area is 196 Å². The summed E-state index contributed by atoms with van der Waals surface area (Å²) in [5, 5.41) is 15.7. The number of H-pyrrole nitrogens is 1. The third kappa shape index (κ3) is 4.53. The van der Waals surface area contributed by atoms with Crippen LogP contribution in [0.1, 0.15) is 23.2 Å². The molecule has 1 aliphatic rings. The maximum absolute atomic E-state index is 13.1. The molecule has 1 amide bonds. The molecule has 1 fully saturated rings. The van der Waals surface area contributed by atoms with Crippen molar-refractivity contribution in [3.63, 3.8) is 0 Å². The summed E-state index contributed by atoms with van der Waals surface area (Å²) in [6.45, 7) is -0.604. The molecule has 180 valence electrons. The summed E-state index contributed by atoms with van der Waals surface area (Å²) in [6, 6.07) is 7.53. The van der Waals surface area contributed by atoms with Crippen molar-refractivity contribution in [3.05, 3.63) is 53.3 Å². The number of carbonyl (C=O) groups is 1. The summed E-state index contributed by atoms with van der Waals surface area (Å²) in [4.78, 5) is 16.0. The van der Waals surface area contributed by atoms with Crippen LogP contribution in [0.5, 0.6) is 11.6 Å². The van der Waals surface area contributed by atoms with E-state index in [9.17, 15) is 31.5 Å². The third-order valence-electron chi connectivity index (χ3n) is 5.30. The lowest BCUT2D eigenvalue weighted by Gasteiger charge is -2.19. The van der Waals surface area contributed by atoms with Crippen molar-refractivity contribution in [1.82, 2.24) is 19.9 Å². The number of halogens is 4. The second-order valence-electron chi connectivity index (χ2n) is 7.61. The number of aromatic nitrogens is 3. The Morgan fingerprint density at radius 3 is 2.56 bits per heavy atom. The molecule has 14 heteroatoms. The van der Waals surface area contributed by atoms with Gasteiger partial charge in [0.25, 0.3) is 15.9 Å². The molecule has 3 aromatic rings. The van der Waals surface area contributed by atoms with Gasteiger partial charge in [-0.2, -0.15) is 13.2 Å². The number of phenols is 1. The highest BCUT2D eigenvalue weighted by Crippen LogP contribution is 2.57. The Balaban J connectivity index is 1.52. The van der Waals surface area contributed by atoms with Crippen molar-refractivity contribution >= 4 is 27.5 Å². The predicted molar refractivity (Wildman–Crippen MR) is 113 cm³/mol. The first kappa shape index (κ1) is 23.8. The molecule has 1 aliphatic carbocycles. The fourth-order valence-electron chi connectivity index (χ4n) is 3.11.